The van der Waals surface area contributed by atoms with Gasteiger partial charge in [0.2, 0.25) is 0 Å². The highest BCUT2D eigenvalue weighted by Crippen LogP contribution is 2.20. The van der Waals surface area contributed by atoms with Crippen molar-refractivity contribution >= 4 is 11.6 Å². The van der Waals surface area contributed by atoms with Gasteiger partial charge >= 0.3 is 0 Å². The molecular weight excluding hydrogens is 238 g/mol. The van der Waals surface area contributed by atoms with E-state index in [0.29, 0.717) is 17.9 Å². The fourth-order valence-corrected chi connectivity index (χ4v) is 1.93. The molecule has 0 atom stereocenters. The van der Waals surface area contributed by atoms with Crippen molar-refractivity contribution in [3.05, 3.63) is 47.3 Å². The van der Waals surface area contributed by atoms with Crippen LogP contribution in [0.3, 0.4) is 0 Å². The molecule has 0 unspecified atom stereocenters. The molecule has 2 N–H and O–H groups in total. The number of benzene rings is 1. The zero-order valence-electron chi connectivity index (χ0n) is 11.0. The Morgan fingerprint density at radius 2 is 2.16 bits per heavy atom. The molecule has 5 nitrogen and oxygen atoms in total. The van der Waals surface area contributed by atoms with E-state index in [4.69, 9.17) is 11.0 Å². The number of hydrogen-bond donors (Lipinski definition) is 1. The summed E-state index contributed by atoms with van der Waals surface area (Å²) in [5, 5.41) is 8.89. The Hall–Kier alpha value is -2.61. The topological polar surface area (TPSA) is 78.8 Å². The molecule has 96 valence electrons. The Morgan fingerprint density at radius 1 is 1.37 bits per heavy atom. The van der Waals surface area contributed by atoms with Gasteiger partial charge in [0.15, 0.2) is 0 Å². The van der Waals surface area contributed by atoms with Gasteiger partial charge < -0.3 is 10.6 Å². The Labute approximate surface area is 112 Å². The summed E-state index contributed by atoms with van der Waals surface area (Å²) in [5.74, 6) is 1.29. The fraction of sp³-hybridized carbons (Fsp3) is 0.214. The van der Waals surface area contributed by atoms with Crippen LogP contribution < -0.4 is 10.6 Å². The van der Waals surface area contributed by atoms with Crippen molar-refractivity contribution in [2.24, 2.45) is 0 Å². The average Bonchev–Trinajstić information content (AvgIpc) is 2.42. The molecule has 1 heterocycles. The summed E-state index contributed by atoms with van der Waals surface area (Å²) >= 11 is 0. The fourth-order valence-electron chi connectivity index (χ4n) is 1.93. The van der Waals surface area contributed by atoms with E-state index in [9.17, 15) is 0 Å². The maximum atomic E-state index is 8.89. The first-order chi connectivity index (χ1) is 9.11. The van der Waals surface area contributed by atoms with Crippen molar-refractivity contribution in [3.63, 3.8) is 0 Å². The molecule has 0 saturated carbocycles. The second-order valence-corrected chi connectivity index (χ2v) is 4.38. The van der Waals surface area contributed by atoms with Gasteiger partial charge in [-0.25, -0.2) is 9.97 Å². The third-order valence-corrected chi connectivity index (χ3v) is 2.93. The number of nitriles is 1. The van der Waals surface area contributed by atoms with E-state index in [2.05, 4.69) is 16.0 Å². The van der Waals surface area contributed by atoms with Crippen molar-refractivity contribution in [2.75, 3.05) is 17.7 Å². The minimum atomic E-state index is 0.489. The highest BCUT2D eigenvalue weighted by Gasteiger charge is 2.09. The first-order valence-electron chi connectivity index (χ1n) is 5.89. The monoisotopic (exact) mass is 253 g/mol. The van der Waals surface area contributed by atoms with Crippen molar-refractivity contribution in [1.29, 1.82) is 5.26 Å². The van der Waals surface area contributed by atoms with Crippen LogP contribution in [0, 0.1) is 18.3 Å². The van der Waals surface area contributed by atoms with Gasteiger partial charge in [-0.05, 0) is 24.6 Å². The van der Waals surface area contributed by atoms with Crippen LogP contribution in [0.15, 0.2) is 30.6 Å². The van der Waals surface area contributed by atoms with Crippen LogP contribution in [0.2, 0.25) is 0 Å². The summed E-state index contributed by atoms with van der Waals surface area (Å²) in [5.41, 5.74) is 8.35. The zero-order valence-corrected chi connectivity index (χ0v) is 11.0. The van der Waals surface area contributed by atoms with Gasteiger partial charge in [0.1, 0.15) is 18.0 Å². The molecule has 0 aliphatic heterocycles. The highest BCUT2D eigenvalue weighted by atomic mass is 15.2. The number of rotatable bonds is 3. The van der Waals surface area contributed by atoms with Gasteiger partial charge in [-0.15, -0.1) is 0 Å². The summed E-state index contributed by atoms with van der Waals surface area (Å²) in [6, 6.07) is 9.66. The van der Waals surface area contributed by atoms with Crippen LogP contribution in [0.1, 0.15) is 16.7 Å². The summed E-state index contributed by atoms with van der Waals surface area (Å²) in [6.45, 7) is 2.56. The van der Waals surface area contributed by atoms with E-state index in [1.54, 1.807) is 6.07 Å². The van der Waals surface area contributed by atoms with Crippen LogP contribution >= 0.6 is 0 Å². The number of aromatic nitrogens is 2. The summed E-state index contributed by atoms with van der Waals surface area (Å²) in [7, 11) is 1.94. The lowest BCUT2D eigenvalue weighted by Crippen LogP contribution is -2.19. The number of nitrogen functional groups attached to an aromatic ring is 1. The van der Waals surface area contributed by atoms with Crippen LogP contribution in [0.4, 0.5) is 11.6 Å². The highest BCUT2D eigenvalue weighted by molar-refractivity contribution is 5.55. The van der Waals surface area contributed by atoms with Crippen molar-refractivity contribution in [3.8, 4) is 6.07 Å². The molecule has 1 aromatic carbocycles. The van der Waals surface area contributed by atoms with E-state index in [0.717, 1.165) is 16.9 Å². The Morgan fingerprint density at radius 3 is 2.89 bits per heavy atom. The summed E-state index contributed by atoms with van der Waals surface area (Å²) < 4.78 is 0. The Kier molecular flexibility index (Phi) is 3.62. The average molecular weight is 253 g/mol. The maximum absolute atomic E-state index is 8.89. The third kappa shape index (κ3) is 2.80. The van der Waals surface area contributed by atoms with Crippen LogP contribution in [0.5, 0.6) is 0 Å². The first kappa shape index (κ1) is 12.8. The lowest BCUT2D eigenvalue weighted by molar-refractivity contribution is 0.883. The summed E-state index contributed by atoms with van der Waals surface area (Å²) in [4.78, 5) is 10.2. The van der Waals surface area contributed by atoms with Gasteiger partial charge in [-0.3, -0.25) is 0 Å². The second kappa shape index (κ2) is 5.36. The smallest absolute Gasteiger partial charge is 0.137 e. The molecule has 0 saturated heterocycles. The predicted molar refractivity (Wildman–Crippen MR) is 74.4 cm³/mol. The SMILES string of the molecule is Cc1c(N)ncnc1N(C)Cc1cccc(C#N)c1. The molecule has 0 aliphatic rings. The molecule has 0 aliphatic carbocycles. The molecule has 1 aromatic heterocycles. The molecule has 0 spiro atoms. The second-order valence-electron chi connectivity index (χ2n) is 4.38. The lowest BCUT2D eigenvalue weighted by atomic mass is 10.1. The molecule has 2 rings (SSSR count). The van der Waals surface area contributed by atoms with Crippen LogP contribution in [-0.2, 0) is 6.54 Å². The molecule has 0 amide bonds. The number of anilines is 2. The molecule has 19 heavy (non-hydrogen) atoms. The van der Waals surface area contributed by atoms with Gasteiger partial charge in [0, 0.05) is 19.2 Å². The van der Waals surface area contributed by atoms with Gasteiger partial charge in [0.25, 0.3) is 0 Å². The Bertz CT molecular complexity index is 630. The first-order valence-corrected chi connectivity index (χ1v) is 5.89. The number of nitrogens with zero attached hydrogens (tertiary/aromatic N) is 4. The van der Waals surface area contributed by atoms with Gasteiger partial charge in [-0.1, -0.05) is 12.1 Å². The van der Waals surface area contributed by atoms with E-state index >= 15 is 0 Å². The van der Waals surface area contributed by atoms with Gasteiger partial charge in [-0.2, -0.15) is 5.26 Å². The minimum absolute atomic E-state index is 0.489. The van der Waals surface area contributed by atoms with E-state index in [-0.39, 0.29) is 0 Å². The largest absolute Gasteiger partial charge is 0.383 e. The summed E-state index contributed by atoms with van der Waals surface area (Å²) in [6.07, 6.45) is 1.46. The van der Waals surface area contributed by atoms with Crippen molar-refractivity contribution in [1.82, 2.24) is 9.97 Å². The molecule has 2 aromatic rings. The van der Waals surface area contributed by atoms with Crippen molar-refractivity contribution < 1.29 is 0 Å². The van der Waals surface area contributed by atoms with E-state index < -0.39 is 0 Å². The predicted octanol–water partition coefficient (Wildman–Crippen LogP) is 1.88. The van der Waals surface area contributed by atoms with Gasteiger partial charge in [0.05, 0.1) is 11.6 Å². The van der Waals surface area contributed by atoms with E-state index in [1.807, 2.05) is 37.1 Å². The lowest BCUT2D eigenvalue weighted by Gasteiger charge is -2.20. The normalized spacial score (nSPS) is 9.95. The molecule has 0 fully saturated rings. The third-order valence-electron chi connectivity index (χ3n) is 2.93. The number of hydrogen-bond acceptors (Lipinski definition) is 5. The molecular formula is C14H15N5. The quantitative estimate of drug-likeness (QED) is 0.903. The standard InChI is InChI=1S/C14H15N5/c1-10-13(16)17-9-18-14(10)19(2)8-12-5-3-4-11(6-12)7-15/h3-6,9H,8H2,1-2H3,(H2,16,17,18). The number of nitrogens with two attached hydrogens (primary N) is 1. The van der Waals surface area contributed by atoms with Crippen LogP contribution in [0.25, 0.3) is 0 Å². The zero-order chi connectivity index (χ0) is 13.8. The maximum Gasteiger partial charge on any atom is 0.137 e. The van der Waals surface area contributed by atoms with Crippen molar-refractivity contribution in [2.45, 2.75) is 13.5 Å². The molecule has 0 bridgehead atoms. The minimum Gasteiger partial charge on any atom is -0.383 e. The van der Waals surface area contributed by atoms with Crippen LogP contribution in [-0.4, -0.2) is 17.0 Å². The molecule has 0 radical (unpaired) electrons. The Balaban J connectivity index is 2.23. The van der Waals surface area contributed by atoms with E-state index in [1.165, 1.54) is 6.33 Å². The molecule has 5 heteroatoms.